The highest BCUT2D eigenvalue weighted by Crippen LogP contribution is 2.39. The molecule has 2 aliphatic heterocycles. The molecule has 2 nitrogen and oxygen atoms in total. The van der Waals surface area contributed by atoms with Crippen molar-refractivity contribution in [2.24, 2.45) is 7.05 Å². The number of aryl methyl sites for hydroxylation is 1. The smallest absolute Gasteiger partial charge is 0.0622 e. The first-order valence-corrected chi connectivity index (χ1v) is 6.80. The van der Waals surface area contributed by atoms with Crippen LogP contribution in [-0.4, -0.2) is 22.6 Å². The van der Waals surface area contributed by atoms with E-state index in [2.05, 4.69) is 53.0 Å². The van der Waals surface area contributed by atoms with Crippen LogP contribution >= 0.6 is 0 Å². The Labute approximate surface area is 108 Å². The van der Waals surface area contributed by atoms with Crippen molar-refractivity contribution in [2.75, 3.05) is 13.1 Å². The minimum Gasteiger partial charge on any atom is -0.354 e. The minimum absolute atomic E-state index is 0.500. The molecule has 2 aromatic rings. The monoisotopic (exact) mass is 238 g/mol. The molecule has 3 heterocycles. The fourth-order valence-electron chi connectivity index (χ4n) is 3.62. The number of hydrogen-bond donors (Lipinski definition) is 0. The van der Waals surface area contributed by atoms with Gasteiger partial charge < -0.3 is 4.57 Å². The summed E-state index contributed by atoms with van der Waals surface area (Å²) in [6.45, 7) is 2.40. The van der Waals surface area contributed by atoms with E-state index in [4.69, 9.17) is 0 Å². The van der Waals surface area contributed by atoms with Crippen molar-refractivity contribution >= 4 is 0 Å². The Bertz CT molecular complexity index is 597. The normalized spacial score (nSPS) is 22.2. The number of fused-ring (bicyclic) bond motifs is 5. The van der Waals surface area contributed by atoms with E-state index in [0.29, 0.717) is 6.04 Å². The Morgan fingerprint density at radius 1 is 1.00 bits per heavy atom. The van der Waals surface area contributed by atoms with Crippen molar-refractivity contribution in [1.29, 1.82) is 0 Å². The van der Waals surface area contributed by atoms with Crippen molar-refractivity contribution in [3.8, 4) is 0 Å². The minimum atomic E-state index is 0.500. The molecule has 0 saturated heterocycles. The largest absolute Gasteiger partial charge is 0.354 e. The van der Waals surface area contributed by atoms with Gasteiger partial charge in [-0.05, 0) is 29.2 Å². The Balaban J connectivity index is 1.91. The zero-order valence-corrected chi connectivity index (χ0v) is 10.8. The molecule has 0 N–H and O–H groups in total. The molecule has 0 aliphatic carbocycles. The first kappa shape index (κ1) is 10.4. The van der Waals surface area contributed by atoms with E-state index in [-0.39, 0.29) is 0 Å². The average molecular weight is 238 g/mol. The van der Waals surface area contributed by atoms with Gasteiger partial charge in [0.2, 0.25) is 0 Å². The Morgan fingerprint density at radius 3 is 2.78 bits per heavy atom. The van der Waals surface area contributed by atoms with E-state index >= 15 is 0 Å². The van der Waals surface area contributed by atoms with Crippen molar-refractivity contribution in [3.05, 3.63) is 58.9 Å². The van der Waals surface area contributed by atoms with Gasteiger partial charge in [-0.15, -0.1) is 0 Å². The molecule has 2 aliphatic rings. The molecule has 1 unspecified atom stereocenters. The molecule has 0 fully saturated rings. The summed E-state index contributed by atoms with van der Waals surface area (Å²) in [6, 6.07) is 11.8. The van der Waals surface area contributed by atoms with E-state index in [0.717, 1.165) is 0 Å². The Hall–Kier alpha value is -1.54. The van der Waals surface area contributed by atoms with Gasteiger partial charge in [0.15, 0.2) is 0 Å². The molecule has 0 saturated carbocycles. The van der Waals surface area contributed by atoms with E-state index < -0.39 is 0 Å². The van der Waals surface area contributed by atoms with Crippen molar-refractivity contribution in [1.82, 2.24) is 9.47 Å². The van der Waals surface area contributed by atoms with Crippen LogP contribution in [0.1, 0.15) is 28.4 Å². The molecule has 1 atom stereocenters. The molecule has 18 heavy (non-hydrogen) atoms. The number of rotatable bonds is 0. The fourth-order valence-corrected chi connectivity index (χ4v) is 3.62. The van der Waals surface area contributed by atoms with Crippen LogP contribution in [0.2, 0.25) is 0 Å². The summed E-state index contributed by atoms with van der Waals surface area (Å²) >= 11 is 0. The molecule has 0 spiro atoms. The van der Waals surface area contributed by atoms with Crippen LogP contribution in [-0.2, 0) is 19.9 Å². The SMILES string of the molecule is Cn1ccc2c1CCN1CCc3ccccc3C21. The molecule has 1 aromatic heterocycles. The Kier molecular flexibility index (Phi) is 2.15. The number of hydrogen-bond acceptors (Lipinski definition) is 1. The molecular weight excluding hydrogens is 220 g/mol. The first-order valence-electron chi connectivity index (χ1n) is 6.80. The van der Waals surface area contributed by atoms with Crippen LogP contribution in [0.3, 0.4) is 0 Å². The third-order valence-corrected chi connectivity index (χ3v) is 4.55. The van der Waals surface area contributed by atoms with Gasteiger partial charge in [-0.3, -0.25) is 4.90 Å². The molecule has 1 aromatic carbocycles. The van der Waals surface area contributed by atoms with Gasteiger partial charge in [0, 0.05) is 38.4 Å². The number of aromatic nitrogens is 1. The number of nitrogens with zero attached hydrogens (tertiary/aromatic N) is 2. The summed E-state index contributed by atoms with van der Waals surface area (Å²) in [7, 11) is 2.17. The maximum Gasteiger partial charge on any atom is 0.0622 e. The number of benzene rings is 1. The second-order valence-electron chi connectivity index (χ2n) is 5.47. The lowest BCUT2D eigenvalue weighted by Gasteiger charge is -2.40. The van der Waals surface area contributed by atoms with Crippen molar-refractivity contribution < 1.29 is 0 Å². The maximum absolute atomic E-state index is 2.64. The summed E-state index contributed by atoms with van der Waals surface area (Å²) < 4.78 is 2.30. The molecule has 92 valence electrons. The maximum atomic E-state index is 2.64. The van der Waals surface area contributed by atoms with Gasteiger partial charge >= 0.3 is 0 Å². The summed E-state index contributed by atoms with van der Waals surface area (Å²) in [5, 5.41) is 0. The molecule has 0 amide bonds. The topological polar surface area (TPSA) is 8.17 Å². The van der Waals surface area contributed by atoms with Crippen LogP contribution in [0, 0.1) is 0 Å². The summed E-state index contributed by atoms with van der Waals surface area (Å²) in [5.41, 5.74) is 6.11. The first-order chi connectivity index (χ1) is 8.84. The van der Waals surface area contributed by atoms with Gasteiger partial charge in [0.05, 0.1) is 6.04 Å². The van der Waals surface area contributed by atoms with Crippen LogP contribution in [0.4, 0.5) is 0 Å². The third-order valence-electron chi connectivity index (χ3n) is 4.55. The second-order valence-corrected chi connectivity index (χ2v) is 5.47. The summed E-state index contributed by atoms with van der Waals surface area (Å²) in [5.74, 6) is 0. The highest BCUT2D eigenvalue weighted by molar-refractivity contribution is 5.43. The van der Waals surface area contributed by atoms with Crippen molar-refractivity contribution in [3.63, 3.8) is 0 Å². The average Bonchev–Trinajstić information content (AvgIpc) is 2.80. The zero-order chi connectivity index (χ0) is 12.1. The van der Waals surface area contributed by atoms with E-state index in [1.54, 1.807) is 0 Å². The van der Waals surface area contributed by atoms with Crippen LogP contribution in [0.15, 0.2) is 36.5 Å². The third kappa shape index (κ3) is 1.33. The lowest BCUT2D eigenvalue weighted by molar-refractivity contribution is 0.200. The van der Waals surface area contributed by atoms with E-state index in [1.165, 1.54) is 48.3 Å². The highest BCUT2D eigenvalue weighted by atomic mass is 15.2. The van der Waals surface area contributed by atoms with E-state index in [1.807, 2.05) is 0 Å². The van der Waals surface area contributed by atoms with Crippen LogP contribution in [0.5, 0.6) is 0 Å². The van der Waals surface area contributed by atoms with Gasteiger partial charge in [0.25, 0.3) is 0 Å². The second kappa shape index (κ2) is 3.72. The van der Waals surface area contributed by atoms with Gasteiger partial charge in [-0.1, -0.05) is 24.3 Å². The molecule has 0 bridgehead atoms. The quantitative estimate of drug-likeness (QED) is 0.684. The summed E-state index contributed by atoms with van der Waals surface area (Å²) in [6.07, 6.45) is 4.61. The van der Waals surface area contributed by atoms with Gasteiger partial charge in [0.1, 0.15) is 0 Å². The molecule has 2 heteroatoms. The molecule has 0 radical (unpaired) electrons. The Morgan fingerprint density at radius 2 is 1.83 bits per heavy atom. The molecular formula is C16H18N2. The van der Waals surface area contributed by atoms with Gasteiger partial charge in [-0.25, -0.2) is 0 Å². The lowest BCUT2D eigenvalue weighted by Crippen LogP contribution is -2.40. The van der Waals surface area contributed by atoms with Crippen LogP contribution in [0.25, 0.3) is 0 Å². The van der Waals surface area contributed by atoms with E-state index in [9.17, 15) is 0 Å². The summed E-state index contributed by atoms with van der Waals surface area (Å²) in [4.78, 5) is 2.64. The zero-order valence-electron chi connectivity index (χ0n) is 10.8. The predicted molar refractivity (Wildman–Crippen MR) is 72.7 cm³/mol. The molecule has 4 rings (SSSR count). The standard InChI is InChI=1S/C16H18N2/c1-17-9-7-14-15(17)8-11-18-10-6-12-4-2-3-5-13(12)16(14)18/h2-5,7,9,16H,6,8,10-11H2,1H3. The highest BCUT2D eigenvalue weighted by Gasteiger charge is 2.33. The fraction of sp³-hybridized carbons (Fsp3) is 0.375. The van der Waals surface area contributed by atoms with Crippen molar-refractivity contribution in [2.45, 2.75) is 18.9 Å². The predicted octanol–water partition coefficient (Wildman–Crippen LogP) is 2.53. The van der Waals surface area contributed by atoms with Gasteiger partial charge in [-0.2, -0.15) is 0 Å². The lowest BCUT2D eigenvalue weighted by atomic mass is 9.85. The van der Waals surface area contributed by atoms with Crippen LogP contribution < -0.4 is 0 Å².